The number of ether oxygens (including phenoxy) is 1. The van der Waals surface area contributed by atoms with Crippen molar-refractivity contribution in [3.8, 4) is 11.3 Å². The number of fused-ring (bicyclic) bond motifs is 1. The SMILES string of the molecule is Nc1cc(C(=O)OCc2ccccc2)ccc1-c1nn(C2CCNCC2)c2ncnc(N)c12. The molecule has 2 aromatic heterocycles. The molecule has 5 rings (SSSR count). The number of hydrogen-bond donors (Lipinski definition) is 3. The lowest BCUT2D eigenvalue weighted by Crippen LogP contribution is -2.30. The van der Waals surface area contributed by atoms with E-state index in [0.29, 0.717) is 39.4 Å². The molecule has 1 aliphatic rings. The second-order valence-corrected chi connectivity index (χ2v) is 8.10. The fourth-order valence-corrected chi connectivity index (χ4v) is 4.20. The van der Waals surface area contributed by atoms with Gasteiger partial charge in [0, 0.05) is 11.3 Å². The third-order valence-corrected chi connectivity index (χ3v) is 5.93. The van der Waals surface area contributed by atoms with Crippen molar-refractivity contribution < 1.29 is 9.53 Å². The Balaban J connectivity index is 1.47. The molecule has 33 heavy (non-hydrogen) atoms. The Kier molecular flexibility index (Phi) is 5.62. The molecule has 5 N–H and O–H groups in total. The van der Waals surface area contributed by atoms with Crippen LogP contribution in [0.15, 0.2) is 54.9 Å². The Morgan fingerprint density at radius 1 is 1.09 bits per heavy atom. The molecule has 0 bridgehead atoms. The molecule has 0 unspecified atom stereocenters. The van der Waals surface area contributed by atoms with Crippen LogP contribution < -0.4 is 16.8 Å². The van der Waals surface area contributed by atoms with Crippen LogP contribution in [0.5, 0.6) is 0 Å². The molecule has 4 aromatic rings. The van der Waals surface area contributed by atoms with E-state index < -0.39 is 5.97 Å². The standard InChI is InChI=1S/C24H25N7O2/c25-19-12-16(24(32)33-13-15-4-2-1-3-5-15)6-7-18(19)21-20-22(26)28-14-29-23(20)31(30-21)17-8-10-27-11-9-17/h1-7,12,14,17,27H,8-11,13,25H2,(H2,26,28,29). The second-order valence-electron chi connectivity index (χ2n) is 8.10. The smallest absolute Gasteiger partial charge is 0.338 e. The molecule has 0 aliphatic carbocycles. The highest BCUT2D eigenvalue weighted by Crippen LogP contribution is 2.36. The van der Waals surface area contributed by atoms with Gasteiger partial charge in [-0.2, -0.15) is 5.10 Å². The van der Waals surface area contributed by atoms with Gasteiger partial charge in [-0.05, 0) is 49.7 Å². The number of anilines is 2. The number of nitrogens with two attached hydrogens (primary N) is 2. The van der Waals surface area contributed by atoms with Crippen LogP contribution in [0.25, 0.3) is 22.3 Å². The van der Waals surface area contributed by atoms with Gasteiger partial charge < -0.3 is 21.5 Å². The molecule has 1 aliphatic heterocycles. The van der Waals surface area contributed by atoms with E-state index in [1.165, 1.54) is 6.33 Å². The van der Waals surface area contributed by atoms with E-state index in [0.717, 1.165) is 31.5 Å². The fraction of sp³-hybridized carbons (Fsp3) is 0.250. The number of aromatic nitrogens is 4. The number of nitrogen functional groups attached to an aromatic ring is 2. The minimum Gasteiger partial charge on any atom is -0.457 e. The Labute approximate surface area is 190 Å². The molecular formula is C24H25N7O2. The van der Waals surface area contributed by atoms with Gasteiger partial charge in [0.05, 0.1) is 17.0 Å². The van der Waals surface area contributed by atoms with Gasteiger partial charge in [0.25, 0.3) is 0 Å². The highest BCUT2D eigenvalue weighted by molar-refractivity contribution is 6.01. The lowest BCUT2D eigenvalue weighted by molar-refractivity contribution is 0.0473. The summed E-state index contributed by atoms with van der Waals surface area (Å²) in [5.74, 6) is -0.0917. The van der Waals surface area contributed by atoms with Gasteiger partial charge in [0.1, 0.15) is 24.4 Å². The van der Waals surface area contributed by atoms with Crippen molar-refractivity contribution in [1.29, 1.82) is 0 Å². The summed E-state index contributed by atoms with van der Waals surface area (Å²) < 4.78 is 7.36. The molecule has 0 atom stereocenters. The summed E-state index contributed by atoms with van der Waals surface area (Å²) in [7, 11) is 0. The molecule has 9 nitrogen and oxygen atoms in total. The van der Waals surface area contributed by atoms with Crippen LogP contribution in [0.1, 0.15) is 34.8 Å². The maximum absolute atomic E-state index is 12.6. The zero-order valence-corrected chi connectivity index (χ0v) is 18.1. The summed E-state index contributed by atoms with van der Waals surface area (Å²) in [5.41, 5.74) is 16.3. The normalized spacial score (nSPS) is 14.4. The average Bonchev–Trinajstić information content (AvgIpc) is 3.24. The van der Waals surface area contributed by atoms with E-state index in [4.69, 9.17) is 21.3 Å². The molecule has 1 fully saturated rings. The van der Waals surface area contributed by atoms with Gasteiger partial charge in [-0.1, -0.05) is 30.3 Å². The summed E-state index contributed by atoms with van der Waals surface area (Å²) in [4.78, 5) is 21.2. The van der Waals surface area contributed by atoms with Crippen molar-refractivity contribution in [3.63, 3.8) is 0 Å². The molecular weight excluding hydrogens is 418 g/mol. The summed E-state index contributed by atoms with van der Waals surface area (Å²) in [6.45, 7) is 2.04. The topological polar surface area (TPSA) is 134 Å². The Hall–Kier alpha value is -3.98. The number of carbonyl (C=O) groups excluding carboxylic acids is 1. The van der Waals surface area contributed by atoms with Gasteiger partial charge in [0.2, 0.25) is 0 Å². The quantitative estimate of drug-likeness (QED) is 0.317. The number of carbonyl (C=O) groups is 1. The number of benzene rings is 2. The predicted octanol–water partition coefficient (Wildman–Crippen LogP) is 2.94. The molecule has 0 radical (unpaired) electrons. The largest absolute Gasteiger partial charge is 0.457 e. The summed E-state index contributed by atoms with van der Waals surface area (Å²) in [6.07, 6.45) is 3.35. The zero-order valence-electron chi connectivity index (χ0n) is 18.1. The van der Waals surface area contributed by atoms with E-state index in [-0.39, 0.29) is 12.6 Å². The van der Waals surface area contributed by atoms with Crippen LogP contribution in [-0.4, -0.2) is 38.8 Å². The van der Waals surface area contributed by atoms with Crippen molar-refractivity contribution in [2.75, 3.05) is 24.6 Å². The monoisotopic (exact) mass is 443 g/mol. The van der Waals surface area contributed by atoms with Crippen LogP contribution >= 0.6 is 0 Å². The maximum atomic E-state index is 12.6. The number of piperidine rings is 1. The van der Waals surface area contributed by atoms with Crippen molar-refractivity contribution in [2.24, 2.45) is 0 Å². The lowest BCUT2D eigenvalue weighted by Gasteiger charge is -2.23. The average molecular weight is 444 g/mol. The minimum atomic E-state index is -0.440. The van der Waals surface area contributed by atoms with Crippen LogP contribution in [0.3, 0.4) is 0 Å². The van der Waals surface area contributed by atoms with E-state index in [9.17, 15) is 4.79 Å². The predicted molar refractivity (Wildman–Crippen MR) is 126 cm³/mol. The van der Waals surface area contributed by atoms with Gasteiger partial charge in [0.15, 0.2) is 5.65 Å². The summed E-state index contributed by atoms with van der Waals surface area (Å²) in [6, 6.07) is 14.8. The molecule has 0 saturated carbocycles. The third-order valence-electron chi connectivity index (χ3n) is 5.93. The van der Waals surface area contributed by atoms with Gasteiger partial charge in [-0.3, -0.25) is 0 Å². The van der Waals surface area contributed by atoms with E-state index in [1.54, 1.807) is 18.2 Å². The third kappa shape index (κ3) is 4.10. The Morgan fingerprint density at radius 3 is 2.64 bits per heavy atom. The molecule has 1 saturated heterocycles. The first-order valence-electron chi connectivity index (χ1n) is 10.9. The molecule has 2 aromatic carbocycles. The number of rotatable bonds is 5. The van der Waals surface area contributed by atoms with Crippen molar-refractivity contribution in [3.05, 3.63) is 66.0 Å². The molecule has 0 amide bonds. The molecule has 0 spiro atoms. The van der Waals surface area contributed by atoms with Crippen LogP contribution in [-0.2, 0) is 11.3 Å². The number of nitrogens with zero attached hydrogens (tertiary/aromatic N) is 4. The first-order valence-corrected chi connectivity index (χ1v) is 10.9. The summed E-state index contributed by atoms with van der Waals surface area (Å²) in [5, 5.41) is 8.90. The van der Waals surface area contributed by atoms with Gasteiger partial charge in [-0.15, -0.1) is 0 Å². The van der Waals surface area contributed by atoms with Crippen LogP contribution in [0.2, 0.25) is 0 Å². The second kappa shape index (κ2) is 8.87. The first-order chi connectivity index (χ1) is 16.1. The number of nitrogens with one attached hydrogen (secondary N) is 1. The minimum absolute atomic E-state index is 0.195. The highest BCUT2D eigenvalue weighted by atomic mass is 16.5. The maximum Gasteiger partial charge on any atom is 0.338 e. The van der Waals surface area contributed by atoms with Crippen LogP contribution in [0, 0.1) is 0 Å². The summed E-state index contributed by atoms with van der Waals surface area (Å²) >= 11 is 0. The van der Waals surface area contributed by atoms with Crippen LogP contribution in [0.4, 0.5) is 11.5 Å². The molecule has 9 heteroatoms. The van der Waals surface area contributed by atoms with Gasteiger partial charge >= 0.3 is 5.97 Å². The van der Waals surface area contributed by atoms with Crippen molar-refractivity contribution in [1.82, 2.24) is 25.1 Å². The zero-order chi connectivity index (χ0) is 22.8. The molecule has 3 heterocycles. The first kappa shape index (κ1) is 20.9. The van der Waals surface area contributed by atoms with E-state index in [2.05, 4.69) is 15.3 Å². The number of hydrogen-bond acceptors (Lipinski definition) is 8. The van der Waals surface area contributed by atoms with E-state index >= 15 is 0 Å². The van der Waals surface area contributed by atoms with Crippen molar-refractivity contribution in [2.45, 2.75) is 25.5 Å². The Morgan fingerprint density at radius 2 is 1.88 bits per heavy atom. The number of esters is 1. The fourth-order valence-electron chi connectivity index (χ4n) is 4.20. The highest BCUT2D eigenvalue weighted by Gasteiger charge is 2.24. The lowest BCUT2D eigenvalue weighted by atomic mass is 10.0. The van der Waals surface area contributed by atoms with Crippen molar-refractivity contribution >= 4 is 28.5 Å². The molecule has 168 valence electrons. The Bertz CT molecular complexity index is 1300. The van der Waals surface area contributed by atoms with E-state index in [1.807, 2.05) is 35.0 Å². The van der Waals surface area contributed by atoms with Gasteiger partial charge in [-0.25, -0.2) is 19.4 Å².